The molecule has 1 N–H and O–H groups in total. The molecule has 6 nitrogen and oxygen atoms in total. The first-order valence-electron chi connectivity index (χ1n) is 6.66. The van der Waals surface area contributed by atoms with E-state index < -0.39 is 15.8 Å². The van der Waals surface area contributed by atoms with E-state index in [1.54, 1.807) is 18.2 Å². The van der Waals surface area contributed by atoms with E-state index in [1.807, 2.05) is 0 Å². The summed E-state index contributed by atoms with van der Waals surface area (Å²) < 4.78 is 24.1. The van der Waals surface area contributed by atoms with Gasteiger partial charge in [0.25, 0.3) is 0 Å². The number of carbonyl (C=O) groups is 2. The van der Waals surface area contributed by atoms with Gasteiger partial charge in [-0.05, 0) is 12.1 Å². The number of carboxylic acids is 1. The molecule has 1 amide bonds. The Morgan fingerprint density at radius 3 is 2.38 bits per heavy atom. The van der Waals surface area contributed by atoms with Crippen molar-refractivity contribution < 1.29 is 23.1 Å². The number of likely N-dealkylation sites (tertiary alicyclic amines) is 1. The summed E-state index contributed by atoms with van der Waals surface area (Å²) in [5.74, 6) is -1.36. The molecule has 0 unspecified atom stereocenters. The van der Waals surface area contributed by atoms with Crippen LogP contribution in [0.5, 0.6) is 0 Å². The summed E-state index contributed by atoms with van der Waals surface area (Å²) >= 11 is 0. The minimum atomic E-state index is -3.45. The maximum Gasteiger partial charge on any atom is 0.303 e. The van der Waals surface area contributed by atoms with Crippen molar-refractivity contribution in [3.05, 3.63) is 30.3 Å². The molecule has 0 radical (unpaired) electrons. The third-order valence-electron chi connectivity index (χ3n) is 3.46. The number of aliphatic carboxylic acids is 1. The van der Waals surface area contributed by atoms with Gasteiger partial charge in [0.1, 0.15) is 0 Å². The van der Waals surface area contributed by atoms with Gasteiger partial charge in [-0.2, -0.15) is 0 Å². The highest BCUT2D eigenvalue weighted by Crippen LogP contribution is 2.20. The average molecular weight is 311 g/mol. The highest BCUT2D eigenvalue weighted by Gasteiger charge is 2.32. The molecule has 0 bridgehead atoms. The summed E-state index contributed by atoms with van der Waals surface area (Å²) in [5.41, 5.74) is 0. The van der Waals surface area contributed by atoms with Gasteiger partial charge < -0.3 is 10.0 Å². The van der Waals surface area contributed by atoms with Crippen LogP contribution in [0, 0.1) is 5.92 Å². The van der Waals surface area contributed by atoms with Crippen molar-refractivity contribution in [2.75, 3.05) is 18.8 Å². The molecule has 2 rings (SSSR count). The number of rotatable bonds is 6. The molecule has 1 saturated heterocycles. The molecular weight excluding hydrogens is 294 g/mol. The van der Waals surface area contributed by atoms with Crippen LogP contribution in [0.25, 0.3) is 0 Å². The molecule has 1 fully saturated rings. The highest BCUT2D eigenvalue weighted by atomic mass is 32.2. The van der Waals surface area contributed by atoms with Gasteiger partial charge in [0.15, 0.2) is 9.84 Å². The van der Waals surface area contributed by atoms with E-state index in [4.69, 9.17) is 5.11 Å². The van der Waals surface area contributed by atoms with Crippen LogP contribution in [0.2, 0.25) is 0 Å². The Bertz CT molecular complexity index is 620. The highest BCUT2D eigenvalue weighted by molar-refractivity contribution is 7.91. The lowest BCUT2D eigenvalue weighted by molar-refractivity contribution is -0.144. The van der Waals surface area contributed by atoms with Crippen molar-refractivity contribution in [1.82, 2.24) is 4.90 Å². The van der Waals surface area contributed by atoms with Crippen molar-refractivity contribution in [3.8, 4) is 0 Å². The van der Waals surface area contributed by atoms with Gasteiger partial charge in [-0.25, -0.2) is 8.42 Å². The van der Waals surface area contributed by atoms with Crippen molar-refractivity contribution in [3.63, 3.8) is 0 Å². The maximum absolute atomic E-state index is 12.0. The standard InChI is InChI=1S/C14H17NO5S/c16-13(15-9-11(10-15)8-14(17)18)6-7-21(19,20)12-4-2-1-3-5-12/h1-5,11H,6-10H2,(H,17,18). The average Bonchev–Trinajstić information content (AvgIpc) is 2.40. The Hall–Kier alpha value is -1.89. The third-order valence-corrected chi connectivity index (χ3v) is 5.19. The SMILES string of the molecule is O=C(O)CC1CN(C(=O)CCS(=O)(=O)c2ccccc2)C1. The molecule has 7 heteroatoms. The van der Waals surface area contributed by atoms with E-state index >= 15 is 0 Å². The molecule has 0 saturated carbocycles. The molecule has 0 aromatic heterocycles. The van der Waals surface area contributed by atoms with Gasteiger partial charge in [0.2, 0.25) is 5.91 Å². The normalized spacial score (nSPS) is 15.5. The smallest absolute Gasteiger partial charge is 0.303 e. The molecule has 21 heavy (non-hydrogen) atoms. The lowest BCUT2D eigenvalue weighted by atomic mass is 9.96. The number of benzene rings is 1. The van der Waals surface area contributed by atoms with Gasteiger partial charge in [-0.15, -0.1) is 0 Å². The number of carboxylic acid groups (broad SMARTS) is 1. The molecule has 1 aliphatic heterocycles. The number of hydrogen-bond donors (Lipinski definition) is 1. The number of carbonyl (C=O) groups excluding carboxylic acids is 1. The van der Waals surface area contributed by atoms with Crippen LogP contribution in [0.1, 0.15) is 12.8 Å². The van der Waals surface area contributed by atoms with E-state index in [1.165, 1.54) is 17.0 Å². The maximum atomic E-state index is 12.0. The van der Waals surface area contributed by atoms with Crippen molar-refractivity contribution in [2.24, 2.45) is 5.92 Å². The number of nitrogens with zero attached hydrogens (tertiary/aromatic N) is 1. The van der Waals surface area contributed by atoms with Gasteiger partial charge in [-0.1, -0.05) is 18.2 Å². The van der Waals surface area contributed by atoms with Crippen LogP contribution in [0.15, 0.2) is 35.2 Å². The summed E-state index contributed by atoms with van der Waals surface area (Å²) in [6, 6.07) is 8.02. The van der Waals surface area contributed by atoms with Gasteiger partial charge in [0, 0.05) is 25.4 Å². The molecule has 1 aromatic carbocycles. The Kier molecular flexibility index (Phi) is 4.62. The minimum Gasteiger partial charge on any atom is -0.481 e. The topological polar surface area (TPSA) is 91.8 Å². The van der Waals surface area contributed by atoms with Crippen molar-refractivity contribution >= 4 is 21.7 Å². The Morgan fingerprint density at radius 2 is 1.81 bits per heavy atom. The quantitative estimate of drug-likeness (QED) is 0.838. The first-order valence-corrected chi connectivity index (χ1v) is 8.31. The largest absolute Gasteiger partial charge is 0.481 e. The van der Waals surface area contributed by atoms with E-state index in [0.717, 1.165) is 0 Å². The molecule has 1 aromatic rings. The Balaban J connectivity index is 1.82. The van der Waals surface area contributed by atoms with Gasteiger partial charge in [-0.3, -0.25) is 9.59 Å². The lowest BCUT2D eigenvalue weighted by Gasteiger charge is -2.38. The third kappa shape index (κ3) is 4.04. The van der Waals surface area contributed by atoms with Crippen molar-refractivity contribution in [2.45, 2.75) is 17.7 Å². The molecule has 0 spiro atoms. The van der Waals surface area contributed by atoms with Crippen LogP contribution in [-0.2, 0) is 19.4 Å². The van der Waals surface area contributed by atoms with Crippen LogP contribution >= 0.6 is 0 Å². The molecule has 1 aliphatic rings. The van der Waals surface area contributed by atoms with E-state index in [2.05, 4.69) is 0 Å². The second-order valence-electron chi connectivity index (χ2n) is 5.14. The van der Waals surface area contributed by atoms with Crippen molar-refractivity contribution in [1.29, 1.82) is 0 Å². The number of sulfone groups is 1. The first-order chi connectivity index (χ1) is 9.88. The molecule has 114 valence electrons. The zero-order chi connectivity index (χ0) is 15.5. The summed E-state index contributed by atoms with van der Waals surface area (Å²) in [6.07, 6.45) is -0.0247. The van der Waals surface area contributed by atoms with Crippen LogP contribution in [0.4, 0.5) is 0 Å². The Morgan fingerprint density at radius 1 is 1.19 bits per heavy atom. The summed E-state index contributed by atoms with van der Waals surface area (Å²) in [7, 11) is -3.45. The summed E-state index contributed by atoms with van der Waals surface area (Å²) in [5, 5.41) is 8.63. The second kappa shape index (κ2) is 6.26. The number of amides is 1. The fourth-order valence-corrected chi connectivity index (χ4v) is 3.53. The summed E-state index contributed by atoms with van der Waals surface area (Å²) in [6.45, 7) is 0.799. The van der Waals surface area contributed by atoms with Gasteiger partial charge in [0.05, 0.1) is 17.1 Å². The van der Waals surface area contributed by atoms with Crippen LogP contribution < -0.4 is 0 Å². The van der Waals surface area contributed by atoms with Gasteiger partial charge >= 0.3 is 5.97 Å². The van der Waals surface area contributed by atoms with E-state index in [0.29, 0.717) is 13.1 Å². The van der Waals surface area contributed by atoms with E-state index in [-0.39, 0.29) is 35.3 Å². The zero-order valence-corrected chi connectivity index (χ0v) is 12.3. The predicted octanol–water partition coefficient (Wildman–Crippen LogP) is 0.783. The Labute approximate surface area is 123 Å². The predicted molar refractivity (Wildman–Crippen MR) is 75.4 cm³/mol. The second-order valence-corrected chi connectivity index (χ2v) is 7.25. The van der Waals surface area contributed by atoms with E-state index in [9.17, 15) is 18.0 Å². The first kappa shape index (κ1) is 15.5. The monoisotopic (exact) mass is 311 g/mol. The molecule has 0 atom stereocenters. The molecule has 0 aliphatic carbocycles. The van der Waals surface area contributed by atoms with Crippen LogP contribution in [-0.4, -0.2) is 49.1 Å². The molecular formula is C14H17NO5S. The fourth-order valence-electron chi connectivity index (χ4n) is 2.28. The molecule has 1 heterocycles. The minimum absolute atomic E-state index is 0.0165. The summed E-state index contributed by atoms with van der Waals surface area (Å²) in [4.78, 5) is 24.1. The van der Waals surface area contributed by atoms with Crippen LogP contribution in [0.3, 0.4) is 0 Å². The zero-order valence-electron chi connectivity index (χ0n) is 11.4. The fraction of sp³-hybridized carbons (Fsp3) is 0.429. The lowest BCUT2D eigenvalue weighted by Crippen LogP contribution is -2.50. The number of hydrogen-bond acceptors (Lipinski definition) is 4.